The summed E-state index contributed by atoms with van der Waals surface area (Å²) < 4.78 is 0. The molecule has 1 amide bonds. The summed E-state index contributed by atoms with van der Waals surface area (Å²) in [5, 5.41) is 14.3. The van der Waals surface area contributed by atoms with E-state index < -0.39 is 0 Å². The van der Waals surface area contributed by atoms with Gasteiger partial charge in [-0.15, -0.1) is 0 Å². The number of nitrogens with two attached hydrogens (primary N) is 1. The molecule has 1 heterocycles. The lowest BCUT2D eigenvalue weighted by molar-refractivity contribution is -0.131. The number of oxime groups is 1. The smallest absolute Gasteiger partial charge is 0.236 e. The molecular formula is C10H20N4O2. The highest BCUT2D eigenvalue weighted by molar-refractivity contribution is 5.86. The quantitative estimate of drug-likeness (QED) is 0.267. The molecule has 1 aliphatic rings. The van der Waals surface area contributed by atoms with Crippen LogP contribution in [0.1, 0.15) is 26.2 Å². The Kier molecular flexibility index (Phi) is 5.04. The zero-order chi connectivity index (χ0) is 12.0. The van der Waals surface area contributed by atoms with Crippen molar-refractivity contribution in [1.82, 2.24) is 10.2 Å². The molecule has 0 saturated carbocycles. The van der Waals surface area contributed by atoms with Gasteiger partial charge in [0.25, 0.3) is 0 Å². The van der Waals surface area contributed by atoms with Crippen molar-refractivity contribution < 1.29 is 10.0 Å². The predicted molar refractivity (Wildman–Crippen MR) is 61.3 cm³/mol. The number of nitrogens with one attached hydrogen (secondary N) is 1. The number of piperidine rings is 1. The lowest BCUT2D eigenvalue weighted by Crippen LogP contribution is -2.46. The number of carbonyl (C=O) groups excluding carboxylic acids is 1. The van der Waals surface area contributed by atoms with E-state index in [0.717, 1.165) is 25.9 Å². The summed E-state index contributed by atoms with van der Waals surface area (Å²) in [7, 11) is 0. The Labute approximate surface area is 95.5 Å². The number of carbonyl (C=O) groups is 1. The van der Waals surface area contributed by atoms with Gasteiger partial charge in [-0.2, -0.15) is 0 Å². The van der Waals surface area contributed by atoms with Crippen LogP contribution in [0, 0.1) is 0 Å². The Morgan fingerprint density at radius 1 is 1.50 bits per heavy atom. The third-order valence-electron chi connectivity index (χ3n) is 2.83. The Balaban J connectivity index is 2.28. The van der Waals surface area contributed by atoms with Crippen molar-refractivity contribution in [1.29, 1.82) is 0 Å². The van der Waals surface area contributed by atoms with Gasteiger partial charge in [0.05, 0.1) is 12.6 Å². The number of rotatable bonds is 4. The molecule has 6 nitrogen and oxygen atoms in total. The number of likely N-dealkylation sites (tertiary alicyclic amines) is 1. The molecule has 0 aromatic carbocycles. The Morgan fingerprint density at radius 3 is 2.69 bits per heavy atom. The molecule has 0 bridgehead atoms. The lowest BCUT2D eigenvalue weighted by atomic mass is 10.1. The fraction of sp³-hybridized carbons (Fsp3) is 0.800. The maximum absolute atomic E-state index is 11.7. The highest BCUT2D eigenvalue weighted by atomic mass is 16.4. The molecule has 1 aliphatic heterocycles. The maximum Gasteiger partial charge on any atom is 0.236 e. The van der Waals surface area contributed by atoms with Crippen molar-refractivity contribution in [3.8, 4) is 0 Å². The fourth-order valence-corrected chi connectivity index (χ4v) is 1.69. The minimum absolute atomic E-state index is 0.0808. The van der Waals surface area contributed by atoms with Crippen LogP contribution in [0.5, 0.6) is 0 Å². The van der Waals surface area contributed by atoms with Gasteiger partial charge in [-0.05, 0) is 26.2 Å². The van der Waals surface area contributed by atoms with Crippen molar-refractivity contribution in [2.75, 3.05) is 19.6 Å². The van der Waals surface area contributed by atoms with Crippen LogP contribution >= 0.6 is 0 Å². The molecule has 0 aromatic rings. The molecule has 1 unspecified atom stereocenters. The molecule has 6 heteroatoms. The predicted octanol–water partition coefficient (Wildman–Crippen LogP) is -0.277. The molecule has 0 aliphatic carbocycles. The largest absolute Gasteiger partial charge is 0.409 e. The number of hydrogen-bond acceptors (Lipinski definition) is 4. The summed E-state index contributed by atoms with van der Waals surface area (Å²) in [6, 6.07) is -0.293. The monoisotopic (exact) mass is 228 g/mol. The van der Waals surface area contributed by atoms with E-state index in [1.165, 1.54) is 6.42 Å². The minimum atomic E-state index is -0.293. The summed E-state index contributed by atoms with van der Waals surface area (Å²) in [5.74, 6) is 0.170. The van der Waals surface area contributed by atoms with Gasteiger partial charge in [0.2, 0.25) is 5.91 Å². The zero-order valence-electron chi connectivity index (χ0n) is 9.65. The first-order valence-electron chi connectivity index (χ1n) is 5.63. The van der Waals surface area contributed by atoms with Crippen LogP contribution in [0.3, 0.4) is 0 Å². The Bertz CT molecular complexity index is 262. The molecule has 1 fully saturated rings. The van der Waals surface area contributed by atoms with Crippen molar-refractivity contribution in [2.24, 2.45) is 10.9 Å². The van der Waals surface area contributed by atoms with E-state index in [0.29, 0.717) is 0 Å². The van der Waals surface area contributed by atoms with Gasteiger partial charge in [-0.1, -0.05) is 5.16 Å². The second-order valence-corrected chi connectivity index (χ2v) is 4.07. The summed E-state index contributed by atoms with van der Waals surface area (Å²) in [6.07, 6.45) is 3.38. The third-order valence-corrected chi connectivity index (χ3v) is 2.83. The fourth-order valence-electron chi connectivity index (χ4n) is 1.69. The normalized spacial score (nSPS) is 19.6. The van der Waals surface area contributed by atoms with E-state index in [2.05, 4.69) is 10.5 Å². The van der Waals surface area contributed by atoms with E-state index in [1.54, 1.807) is 6.92 Å². The molecular weight excluding hydrogens is 208 g/mol. The van der Waals surface area contributed by atoms with Crippen LogP contribution in [-0.4, -0.2) is 47.5 Å². The van der Waals surface area contributed by atoms with Crippen LogP contribution in [-0.2, 0) is 4.79 Å². The first kappa shape index (κ1) is 12.8. The van der Waals surface area contributed by atoms with Crippen LogP contribution in [0.4, 0.5) is 0 Å². The van der Waals surface area contributed by atoms with E-state index in [9.17, 15) is 4.79 Å². The number of nitrogens with zero attached hydrogens (tertiary/aromatic N) is 2. The average molecular weight is 228 g/mol. The van der Waals surface area contributed by atoms with E-state index in [-0.39, 0.29) is 24.3 Å². The third kappa shape index (κ3) is 3.69. The summed E-state index contributed by atoms with van der Waals surface area (Å²) in [5.41, 5.74) is 5.39. The first-order valence-corrected chi connectivity index (χ1v) is 5.63. The minimum Gasteiger partial charge on any atom is -0.409 e. The van der Waals surface area contributed by atoms with Crippen LogP contribution in [0.25, 0.3) is 0 Å². The van der Waals surface area contributed by atoms with Crippen LogP contribution in [0.15, 0.2) is 5.16 Å². The Hall–Kier alpha value is -1.30. The van der Waals surface area contributed by atoms with Crippen molar-refractivity contribution in [3.63, 3.8) is 0 Å². The second kappa shape index (κ2) is 6.32. The second-order valence-electron chi connectivity index (χ2n) is 4.07. The molecule has 0 radical (unpaired) electrons. The van der Waals surface area contributed by atoms with Crippen molar-refractivity contribution in [2.45, 2.75) is 32.2 Å². The molecule has 16 heavy (non-hydrogen) atoms. The number of amidine groups is 1. The first-order chi connectivity index (χ1) is 7.65. The summed E-state index contributed by atoms with van der Waals surface area (Å²) in [4.78, 5) is 13.6. The van der Waals surface area contributed by atoms with Gasteiger partial charge in [-0.25, -0.2) is 0 Å². The van der Waals surface area contributed by atoms with Gasteiger partial charge < -0.3 is 15.8 Å². The summed E-state index contributed by atoms with van der Waals surface area (Å²) >= 11 is 0. The van der Waals surface area contributed by atoms with E-state index in [4.69, 9.17) is 10.9 Å². The SMILES string of the molecule is CC(NCC(=O)N1CCCCC1)C(N)=NO. The van der Waals surface area contributed by atoms with Crippen LogP contribution in [0.2, 0.25) is 0 Å². The highest BCUT2D eigenvalue weighted by Gasteiger charge is 2.17. The standard InChI is InChI=1S/C10H20N4O2/c1-8(10(11)13-16)12-7-9(15)14-5-3-2-4-6-14/h8,12,16H,2-7H2,1H3,(H2,11,13). The molecule has 0 spiro atoms. The maximum atomic E-state index is 11.7. The molecule has 4 N–H and O–H groups in total. The molecule has 92 valence electrons. The average Bonchev–Trinajstić information content (AvgIpc) is 2.35. The van der Waals surface area contributed by atoms with Crippen LogP contribution < -0.4 is 11.1 Å². The molecule has 1 atom stereocenters. The number of amides is 1. The van der Waals surface area contributed by atoms with E-state index in [1.807, 2.05) is 4.90 Å². The van der Waals surface area contributed by atoms with Crippen molar-refractivity contribution >= 4 is 11.7 Å². The lowest BCUT2D eigenvalue weighted by Gasteiger charge is -2.27. The van der Waals surface area contributed by atoms with Crippen molar-refractivity contribution in [3.05, 3.63) is 0 Å². The van der Waals surface area contributed by atoms with Gasteiger partial charge in [0.1, 0.15) is 0 Å². The Morgan fingerprint density at radius 2 is 2.12 bits per heavy atom. The summed E-state index contributed by atoms with van der Waals surface area (Å²) in [6.45, 7) is 3.67. The van der Waals surface area contributed by atoms with E-state index >= 15 is 0 Å². The molecule has 0 aromatic heterocycles. The van der Waals surface area contributed by atoms with Gasteiger partial charge in [0, 0.05) is 13.1 Å². The molecule has 1 saturated heterocycles. The number of hydrogen-bond donors (Lipinski definition) is 3. The molecule has 1 rings (SSSR count). The van der Waals surface area contributed by atoms with Gasteiger partial charge >= 0.3 is 0 Å². The highest BCUT2D eigenvalue weighted by Crippen LogP contribution is 2.08. The topological polar surface area (TPSA) is 91.0 Å². The zero-order valence-corrected chi connectivity index (χ0v) is 9.65. The van der Waals surface area contributed by atoms with Gasteiger partial charge in [-0.3, -0.25) is 10.1 Å². The van der Waals surface area contributed by atoms with Gasteiger partial charge in [0.15, 0.2) is 5.84 Å².